The Balaban J connectivity index is 1.36. The molecule has 2 heterocycles. The van der Waals surface area contributed by atoms with Crippen molar-refractivity contribution in [2.24, 2.45) is 29.1 Å². The van der Waals surface area contributed by atoms with Crippen LogP contribution >= 0.6 is 0 Å². The maximum atomic E-state index is 14.1. The second kappa shape index (κ2) is 9.89. The van der Waals surface area contributed by atoms with Gasteiger partial charge in [0.15, 0.2) is 0 Å². The number of nitrogens with zero attached hydrogens (tertiary/aromatic N) is 2. The van der Waals surface area contributed by atoms with Crippen LogP contribution in [0.1, 0.15) is 45.4 Å². The van der Waals surface area contributed by atoms with E-state index in [-0.39, 0.29) is 36.0 Å². The Bertz CT molecular complexity index is 979. The number of hydrogen-bond acceptors (Lipinski definition) is 4. The molecule has 1 aromatic rings. The molecule has 2 saturated carbocycles. The maximum absolute atomic E-state index is 14.1. The fraction of sp³-hybridized carbons (Fsp3) is 0.704. The molecule has 2 aliphatic carbocycles. The fourth-order valence-corrected chi connectivity index (χ4v) is 8.14. The van der Waals surface area contributed by atoms with Crippen LogP contribution in [0.25, 0.3) is 0 Å². The van der Waals surface area contributed by atoms with E-state index in [0.29, 0.717) is 37.4 Å². The van der Waals surface area contributed by atoms with Gasteiger partial charge in [-0.25, -0.2) is 13.6 Å². The molecule has 4 fully saturated rings. The number of ether oxygens (including phenoxy) is 1. The van der Waals surface area contributed by atoms with Gasteiger partial charge in [-0.05, 0) is 79.7 Å². The zero-order valence-electron chi connectivity index (χ0n) is 21.1. The van der Waals surface area contributed by atoms with Crippen molar-refractivity contribution in [3.8, 4) is 0 Å². The molecule has 5 rings (SSSR count). The predicted molar refractivity (Wildman–Crippen MR) is 130 cm³/mol. The first kappa shape index (κ1) is 25.4. The quantitative estimate of drug-likeness (QED) is 0.654. The number of methoxy groups -OCH3 is 1. The van der Waals surface area contributed by atoms with Gasteiger partial charge in [-0.1, -0.05) is 6.07 Å². The molecule has 5 unspecified atom stereocenters. The van der Waals surface area contributed by atoms with Gasteiger partial charge in [0.25, 0.3) is 0 Å². The lowest BCUT2D eigenvalue weighted by molar-refractivity contribution is -0.151. The van der Waals surface area contributed by atoms with Gasteiger partial charge < -0.3 is 25.0 Å². The molecular formula is C27H37F2N3O4. The fourth-order valence-electron chi connectivity index (χ4n) is 8.14. The number of urea groups is 1. The molecule has 198 valence electrons. The zero-order valence-corrected chi connectivity index (χ0v) is 21.1. The van der Waals surface area contributed by atoms with Crippen LogP contribution in [0.2, 0.25) is 0 Å². The number of carbonyl (C=O) groups is 2. The van der Waals surface area contributed by atoms with Crippen molar-refractivity contribution in [1.82, 2.24) is 9.80 Å². The Morgan fingerprint density at radius 3 is 2.44 bits per heavy atom. The normalized spacial score (nSPS) is 33.2. The molecule has 2 N–H and O–H groups in total. The Morgan fingerprint density at radius 2 is 1.83 bits per heavy atom. The van der Waals surface area contributed by atoms with Gasteiger partial charge in [-0.2, -0.15) is 0 Å². The van der Waals surface area contributed by atoms with Crippen molar-refractivity contribution in [1.29, 1.82) is 0 Å². The molecule has 4 aliphatic rings. The first-order valence-corrected chi connectivity index (χ1v) is 13.2. The molecular weight excluding hydrogens is 468 g/mol. The summed E-state index contributed by atoms with van der Waals surface area (Å²) < 4.78 is 33.8. The number of piperidine rings is 2. The number of para-hydroxylation sites is 1. The number of aliphatic hydroxyl groups is 1. The van der Waals surface area contributed by atoms with Crippen molar-refractivity contribution < 1.29 is 28.2 Å². The molecule has 0 bridgehead atoms. The number of anilines is 1. The Kier molecular flexibility index (Phi) is 6.98. The number of rotatable bonds is 3. The minimum absolute atomic E-state index is 0.0216. The van der Waals surface area contributed by atoms with Crippen LogP contribution in [0.4, 0.5) is 19.3 Å². The molecule has 6 atom stereocenters. The van der Waals surface area contributed by atoms with Crippen LogP contribution in [0.5, 0.6) is 0 Å². The average molecular weight is 506 g/mol. The van der Waals surface area contributed by atoms with Gasteiger partial charge in [0, 0.05) is 33.7 Å². The van der Waals surface area contributed by atoms with E-state index < -0.39 is 23.4 Å². The molecule has 9 heteroatoms. The first-order valence-electron chi connectivity index (χ1n) is 13.2. The van der Waals surface area contributed by atoms with Crippen LogP contribution in [0.15, 0.2) is 18.2 Å². The van der Waals surface area contributed by atoms with Gasteiger partial charge in [-0.15, -0.1) is 0 Å². The van der Waals surface area contributed by atoms with Gasteiger partial charge in [0.05, 0.1) is 18.8 Å². The van der Waals surface area contributed by atoms with Crippen molar-refractivity contribution in [3.63, 3.8) is 0 Å². The molecule has 0 radical (unpaired) electrons. The van der Waals surface area contributed by atoms with Gasteiger partial charge in [0.2, 0.25) is 5.91 Å². The van der Waals surface area contributed by atoms with E-state index in [1.807, 2.05) is 4.90 Å². The van der Waals surface area contributed by atoms with Crippen molar-refractivity contribution in [2.45, 2.75) is 57.6 Å². The maximum Gasteiger partial charge on any atom is 0.322 e. The molecule has 7 nitrogen and oxygen atoms in total. The van der Waals surface area contributed by atoms with Crippen LogP contribution in [-0.4, -0.2) is 72.3 Å². The highest BCUT2D eigenvalue weighted by Crippen LogP contribution is 2.62. The summed E-state index contributed by atoms with van der Waals surface area (Å²) in [6.07, 6.45) is 5.83. The number of likely N-dealkylation sites (tertiary alicyclic amines) is 2. The van der Waals surface area contributed by atoms with Gasteiger partial charge >= 0.3 is 6.03 Å². The third-order valence-electron chi connectivity index (χ3n) is 9.74. The summed E-state index contributed by atoms with van der Waals surface area (Å²) in [5.41, 5.74) is -0.566. The van der Waals surface area contributed by atoms with E-state index in [2.05, 4.69) is 5.32 Å². The third-order valence-corrected chi connectivity index (χ3v) is 9.74. The van der Waals surface area contributed by atoms with Crippen molar-refractivity contribution in [2.75, 3.05) is 38.7 Å². The zero-order chi connectivity index (χ0) is 25.6. The number of amides is 3. The second-order valence-electron chi connectivity index (χ2n) is 11.3. The van der Waals surface area contributed by atoms with Crippen LogP contribution in [0.3, 0.4) is 0 Å². The van der Waals surface area contributed by atoms with E-state index >= 15 is 0 Å². The molecule has 1 aromatic carbocycles. The van der Waals surface area contributed by atoms with Crippen LogP contribution in [-0.2, 0) is 9.53 Å². The number of aliphatic hydroxyl groups excluding tert-OH is 1. The summed E-state index contributed by atoms with van der Waals surface area (Å²) in [6, 6.07) is 2.82. The SMILES string of the molecule is COC1CCC2C(C1)CC1C2C2(CCN(C(=O)Nc3c(F)cccc3F)CC2)CN(C(C)=O)[C@H]1CO. The van der Waals surface area contributed by atoms with Crippen molar-refractivity contribution in [3.05, 3.63) is 29.8 Å². The Labute approximate surface area is 211 Å². The number of fused-ring (bicyclic) bond motifs is 4. The molecule has 2 aliphatic heterocycles. The van der Waals surface area contributed by atoms with Crippen molar-refractivity contribution >= 4 is 17.6 Å². The van der Waals surface area contributed by atoms with E-state index in [9.17, 15) is 23.5 Å². The lowest BCUT2D eigenvalue weighted by atomic mass is 9.57. The average Bonchev–Trinajstić information content (AvgIpc) is 3.26. The van der Waals surface area contributed by atoms with Crippen LogP contribution in [0, 0.1) is 40.7 Å². The lowest BCUT2D eigenvalue weighted by Gasteiger charge is -2.58. The van der Waals surface area contributed by atoms with E-state index in [1.165, 1.54) is 6.07 Å². The highest BCUT2D eigenvalue weighted by Gasteiger charge is 2.61. The Morgan fingerprint density at radius 1 is 1.14 bits per heavy atom. The molecule has 36 heavy (non-hydrogen) atoms. The number of hydrogen-bond donors (Lipinski definition) is 2. The largest absolute Gasteiger partial charge is 0.394 e. The van der Waals surface area contributed by atoms with E-state index in [1.54, 1.807) is 18.9 Å². The minimum Gasteiger partial charge on any atom is -0.394 e. The second-order valence-corrected chi connectivity index (χ2v) is 11.3. The van der Waals surface area contributed by atoms with E-state index in [0.717, 1.165) is 50.7 Å². The van der Waals surface area contributed by atoms with Gasteiger partial charge in [0.1, 0.15) is 17.3 Å². The summed E-state index contributed by atoms with van der Waals surface area (Å²) in [7, 11) is 1.77. The smallest absolute Gasteiger partial charge is 0.322 e. The third kappa shape index (κ3) is 4.28. The standard InChI is InChI=1S/C27H37F2N3O4/c1-16(34)32-15-27(24-19-7-6-18(36-2)12-17(19)13-20(24)23(32)14-33)8-10-31(11-9-27)26(35)30-25-21(28)4-3-5-22(25)29/h3-5,17-20,23-24,33H,6-15H2,1-2H3,(H,30,35)/t17?,18?,19?,20?,23-,24?/m0/s1. The molecule has 0 aromatic heterocycles. The number of benzene rings is 1. The molecule has 1 spiro atoms. The highest BCUT2D eigenvalue weighted by atomic mass is 19.1. The van der Waals surface area contributed by atoms with Gasteiger partial charge in [-0.3, -0.25) is 4.79 Å². The topological polar surface area (TPSA) is 82.1 Å². The minimum atomic E-state index is -0.803. The summed E-state index contributed by atoms with van der Waals surface area (Å²) >= 11 is 0. The molecule has 2 saturated heterocycles. The summed E-state index contributed by atoms with van der Waals surface area (Å²) in [5, 5.41) is 12.7. The highest BCUT2D eigenvalue weighted by molar-refractivity contribution is 5.89. The summed E-state index contributed by atoms with van der Waals surface area (Å²) in [5.74, 6) is 0.0185. The summed E-state index contributed by atoms with van der Waals surface area (Å²) in [4.78, 5) is 29.1. The Hall–Kier alpha value is -2.26. The number of halogens is 2. The summed E-state index contributed by atoms with van der Waals surface area (Å²) in [6.45, 7) is 3.04. The lowest BCUT2D eigenvalue weighted by Crippen LogP contribution is -2.63. The number of carbonyl (C=O) groups excluding carboxylic acids is 2. The van der Waals surface area contributed by atoms with Crippen LogP contribution < -0.4 is 5.32 Å². The molecule has 3 amide bonds. The predicted octanol–water partition coefficient (Wildman–Crippen LogP) is 3.87. The monoisotopic (exact) mass is 505 g/mol. The number of nitrogens with one attached hydrogen (secondary N) is 1. The first-order chi connectivity index (χ1) is 17.3. The van der Waals surface area contributed by atoms with E-state index in [4.69, 9.17) is 4.74 Å².